The first-order valence-electron chi connectivity index (χ1n) is 6.48. The van der Waals surface area contributed by atoms with Crippen LogP contribution in [0, 0.1) is 6.92 Å². The normalized spacial score (nSPS) is 17.8. The third-order valence-electron chi connectivity index (χ3n) is 3.50. The lowest BCUT2D eigenvalue weighted by molar-refractivity contribution is -0.129. The molecule has 20 heavy (non-hydrogen) atoms. The molecule has 0 aromatic carbocycles. The largest absolute Gasteiger partial charge is 0.339 e. The highest BCUT2D eigenvalue weighted by Gasteiger charge is 2.30. The Bertz CT molecular complexity index is 619. The summed E-state index contributed by atoms with van der Waals surface area (Å²) in [7, 11) is 1.89. The maximum atomic E-state index is 12.7. The fourth-order valence-corrected chi connectivity index (χ4v) is 5.56. The number of hydrogen-bond acceptors (Lipinski definition) is 5. The number of nitrogens with zero attached hydrogens (tertiary/aromatic N) is 2. The van der Waals surface area contributed by atoms with Gasteiger partial charge in [-0.2, -0.15) is 0 Å². The van der Waals surface area contributed by atoms with Gasteiger partial charge in [0.05, 0.1) is 17.7 Å². The van der Waals surface area contributed by atoms with Crippen molar-refractivity contribution in [2.45, 2.75) is 25.1 Å². The van der Waals surface area contributed by atoms with Crippen molar-refractivity contribution < 1.29 is 4.79 Å². The number of carbonyl (C=O) groups is 1. The molecule has 0 radical (unpaired) electrons. The molecule has 0 aliphatic carbocycles. The Kier molecular flexibility index (Phi) is 4.14. The van der Waals surface area contributed by atoms with E-state index < -0.39 is 0 Å². The number of thioether (sulfide) groups is 1. The van der Waals surface area contributed by atoms with Gasteiger partial charge in [0.15, 0.2) is 0 Å². The van der Waals surface area contributed by atoms with Gasteiger partial charge in [-0.3, -0.25) is 4.79 Å². The van der Waals surface area contributed by atoms with Crippen LogP contribution in [0.5, 0.6) is 0 Å². The van der Waals surface area contributed by atoms with Crippen LogP contribution in [-0.2, 0) is 17.8 Å². The monoisotopic (exact) mass is 324 g/mol. The Morgan fingerprint density at radius 2 is 2.35 bits per heavy atom. The predicted octanol–water partition coefficient (Wildman–Crippen LogP) is 3.50. The van der Waals surface area contributed by atoms with E-state index in [2.05, 4.69) is 16.4 Å². The van der Waals surface area contributed by atoms with E-state index in [1.807, 2.05) is 24.4 Å². The summed E-state index contributed by atoms with van der Waals surface area (Å²) in [6, 6.07) is 2.11. The first kappa shape index (κ1) is 14.1. The van der Waals surface area contributed by atoms with Crippen LogP contribution in [0.15, 0.2) is 17.0 Å². The molecule has 0 fully saturated rings. The van der Waals surface area contributed by atoms with Crippen molar-refractivity contribution in [3.05, 3.63) is 38.0 Å². The topological polar surface area (TPSA) is 33.2 Å². The van der Waals surface area contributed by atoms with Crippen LogP contribution in [0.25, 0.3) is 0 Å². The van der Waals surface area contributed by atoms with Crippen molar-refractivity contribution in [3.63, 3.8) is 0 Å². The fourth-order valence-electron chi connectivity index (χ4n) is 2.32. The molecule has 1 amide bonds. The molecule has 0 spiro atoms. The second-order valence-electron chi connectivity index (χ2n) is 4.86. The first-order valence-corrected chi connectivity index (χ1v) is 9.29. The van der Waals surface area contributed by atoms with E-state index in [0.29, 0.717) is 6.54 Å². The molecule has 3 nitrogen and oxygen atoms in total. The molecule has 1 atom stereocenters. The number of aromatic nitrogens is 1. The van der Waals surface area contributed by atoms with Crippen molar-refractivity contribution in [1.29, 1.82) is 0 Å². The SMILES string of the molecule is Cc1ncsc1CN(C)C(=O)[C@@H]1SCCc2sccc21. The lowest BCUT2D eigenvalue weighted by Gasteiger charge is -2.26. The van der Waals surface area contributed by atoms with Gasteiger partial charge in [-0.15, -0.1) is 34.4 Å². The van der Waals surface area contributed by atoms with Gasteiger partial charge in [-0.05, 0) is 36.1 Å². The lowest BCUT2D eigenvalue weighted by Crippen LogP contribution is -2.31. The quantitative estimate of drug-likeness (QED) is 0.866. The summed E-state index contributed by atoms with van der Waals surface area (Å²) in [5, 5.41) is 2.08. The number of thiazole rings is 1. The van der Waals surface area contributed by atoms with Gasteiger partial charge in [0.1, 0.15) is 5.25 Å². The minimum absolute atomic E-state index is 0.0248. The molecule has 3 rings (SSSR count). The maximum Gasteiger partial charge on any atom is 0.240 e. The average Bonchev–Trinajstić information content (AvgIpc) is 3.07. The van der Waals surface area contributed by atoms with E-state index in [0.717, 1.165) is 17.9 Å². The zero-order valence-electron chi connectivity index (χ0n) is 11.5. The highest BCUT2D eigenvalue weighted by molar-refractivity contribution is 8.00. The van der Waals surface area contributed by atoms with E-state index in [9.17, 15) is 4.79 Å². The summed E-state index contributed by atoms with van der Waals surface area (Å²) in [6.07, 6.45) is 1.10. The zero-order valence-corrected chi connectivity index (χ0v) is 13.9. The van der Waals surface area contributed by atoms with Crippen LogP contribution in [0.4, 0.5) is 0 Å². The molecule has 1 aliphatic heterocycles. The summed E-state index contributed by atoms with van der Waals surface area (Å²) in [5.74, 6) is 1.25. The summed E-state index contributed by atoms with van der Waals surface area (Å²) in [4.78, 5) is 21.3. The first-order chi connectivity index (χ1) is 9.66. The Morgan fingerprint density at radius 3 is 3.10 bits per heavy atom. The third kappa shape index (κ3) is 2.64. The molecular weight excluding hydrogens is 308 g/mol. The second kappa shape index (κ2) is 5.87. The van der Waals surface area contributed by atoms with Crippen LogP contribution < -0.4 is 0 Å². The molecule has 3 heterocycles. The Morgan fingerprint density at radius 1 is 1.50 bits per heavy atom. The summed E-state index contributed by atoms with van der Waals surface area (Å²) in [5.41, 5.74) is 4.10. The number of rotatable bonds is 3. The van der Waals surface area contributed by atoms with Crippen molar-refractivity contribution in [3.8, 4) is 0 Å². The van der Waals surface area contributed by atoms with E-state index in [1.165, 1.54) is 15.3 Å². The summed E-state index contributed by atoms with van der Waals surface area (Å²) in [6.45, 7) is 2.66. The second-order valence-corrected chi connectivity index (χ2v) is 8.01. The van der Waals surface area contributed by atoms with Crippen molar-refractivity contribution >= 4 is 40.3 Å². The minimum Gasteiger partial charge on any atom is -0.339 e. The van der Waals surface area contributed by atoms with Crippen LogP contribution >= 0.6 is 34.4 Å². The van der Waals surface area contributed by atoms with Gasteiger partial charge in [-0.25, -0.2) is 4.98 Å². The number of amides is 1. The number of aryl methyl sites for hydroxylation is 2. The number of thiophene rings is 1. The molecule has 0 saturated carbocycles. The molecule has 106 valence electrons. The zero-order chi connectivity index (χ0) is 14.1. The maximum absolute atomic E-state index is 12.7. The Hall–Kier alpha value is -0.850. The molecular formula is C14H16N2OS3. The van der Waals surface area contributed by atoms with E-state index in [1.54, 1.807) is 34.4 Å². The van der Waals surface area contributed by atoms with Gasteiger partial charge < -0.3 is 4.90 Å². The number of carbonyl (C=O) groups excluding carboxylic acids is 1. The lowest BCUT2D eigenvalue weighted by atomic mass is 10.1. The number of likely N-dealkylation sites (N-methyl/N-ethyl adjacent to an activating group) is 1. The number of hydrogen-bond donors (Lipinski definition) is 0. The van der Waals surface area contributed by atoms with Gasteiger partial charge >= 0.3 is 0 Å². The van der Waals surface area contributed by atoms with E-state index in [4.69, 9.17) is 0 Å². The Labute approximate surface area is 131 Å². The van der Waals surface area contributed by atoms with Crippen LogP contribution in [0.3, 0.4) is 0 Å². The molecule has 2 aromatic heterocycles. The van der Waals surface area contributed by atoms with Gasteiger partial charge in [0.25, 0.3) is 0 Å². The molecule has 0 unspecified atom stereocenters. The minimum atomic E-state index is -0.0248. The summed E-state index contributed by atoms with van der Waals surface area (Å²) >= 11 is 5.16. The van der Waals surface area contributed by atoms with E-state index in [-0.39, 0.29) is 11.2 Å². The number of fused-ring (bicyclic) bond motifs is 1. The van der Waals surface area contributed by atoms with Crippen molar-refractivity contribution in [2.24, 2.45) is 0 Å². The molecule has 0 bridgehead atoms. The van der Waals surface area contributed by atoms with Gasteiger partial charge in [0.2, 0.25) is 5.91 Å². The van der Waals surface area contributed by atoms with E-state index >= 15 is 0 Å². The smallest absolute Gasteiger partial charge is 0.240 e. The predicted molar refractivity (Wildman–Crippen MR) is 86.5 cm³/mol. The summed E-state index contributed by atoms with van der Waals surface area (Å²) < 4.78 is 0. The Balaban J connectivity index is 1.75. The fraction of sp³-hybridized carbons (Fsp3) is 0.429. The van der Waals surface area contributed by atoms with Gasteiger partial charge in [0, 0.05) is 16.8 Å². The molecule has 2 aromatic rings. The van der Waals surface area contributed by atoms with Crippen molar-refractivity contribution in [2.75, 3.05) is 12.8 Å². The third-order valence-corrected chi connectivity index (χ3v) is 6.65. The standard InChI is InChI=1S/C14H16N2OS3/c1-9-12(20-8-15-9)7-16(2)14(17)13-10-3-5-18-11(10)4-6-19-13/h3,5,8,13H,4,6-7H2,1-2H3/t13-/m1/s1. The highest BCUT2D eigenvalue weighted by atomic mass is 32.2. The average molecular weight is 324 g/mol. The van der Waals surface area contributed by atoms with Crippen LogP contribution in [-0.4, -0.2) is 28.6 Å². The molecule has 0 N–H and O–H groups in total. The molecule has 0 saturated heterocycles. The van der Waals surface area contributed by atoms with Gasteiger partial charge in [-0.1, -0.05) is 0 Å². The molecule has 1 aliphatic rings. The van der Waals surface area contributed by atoms with Crippen LogP contribution in [0.2, 0.25) is 0 Å². The van der Waals surface area contributed by atoms with Crippen molar-refractivity contribution in [1.82, 2.24) is 9.88 Å². The molecule has 6 heteroatoms. The van der Waals surface area contributed by atoms with Crippen LogP contribution in [0.1, 0.15) is 26.3 Å². The highest BCUT2D eigenvalue weighted by Crippen LogP contribution is 2.40.